The van der Waals surface area contributed by atoms with Crippen LogP contribution in [0.1, 0.15) is 65.6 Å². The number of nitrogens with one attached hydrogen (secondary N) is 1. The lowest BCUT2D eigenvalue weighted by Gasteiger charge is -2.38. The van der Waals surface area contributed by atoms with Crippen molar-refractivity contribution >= 4 is 37.2 Å². The molecule has 0 spiro atoms. The van der Waals surface area contributed by atoms with Gasteiger partial charge in [-0.05, 0) is 49.8 Å². The summed E-state index contributed by atoms with van der Waals surface area (Å²) in [6, 6.07) is 5.96. The summed E-state index contributed by atoms with van der Waals surface area (Å²) in [5.41, 5.74) is 1.75. The third-order valence-corrected chi connectivity index (χ3v) is 8.74. The van der Waals surface area contributed by atoms with E-state index in [1.165, 1.54) is 0 Å². The number of carbonyl (C=O) groups is 1. The summed E-state index contributed by atoms with van der Waals surface area (Å²) in [6.07, 6.45) is 3.37. The Bertz CT molecular complexity index is 1050. The summed E-state index contributed by atoms with van der Waals surface area (Å²) < 4.78 is 31.5. The van der Waals surface area contributed by atoms with Crippen LogP contribution in [-0.4, -0.2) is 48.5 Å². The first-order chi connectivity index (χ1) is 15.5. The Labute approximate surface area is 200 Å². The normalized spacial score (nSPS) is 25.7. The first-order valence-corrected chi connectivity index (χ1v) is 13.6. The number of nitrogens with zero attached hydrogens (tertiary/aromatic N) is 3. The van der Waals surface area contributed by atoms with Gasteiger partial charge in [-0.3, -0.25) is 4.79 Å². The third-order valence-electron chi connectivity index (χ3n) is 6.74. The largest absolute Gasteiger partial charge is 0.351 e. The molecule has 1 aliphatic heterocycles. The molecule has 2 unspecified atom stereocenters. The van der Waals surface area contributed by atoms with E-state index in [1.807, 2.05) is 29.4 Å². The Kier molecular flexibility index (Phi) is 7.01. The summed E-state index contributed by atoms with van der Waals surface area (Å²) in [7, 11) is 1.10. The fraction of sp³-hybridized carbons (Fsp3) is 0.667. The van der Waals surface area contributed by atoms with Crippen LogP contribution in [0.4, 0.5) is 4.39 Å². The zero-order valence-corrected chi connectivity index (χ0v) is 22.0. The van der Waals surface area contributed by atoms with Crippen molar-refractivity contribution in [1.82, 2.24) is 19.2 Å². The van der Waals surface area contributed by atoms with Gasteiger partial charge in [-0.2, -0.15) is 0 Å². The van der Waals surface area contributed by atoms with Crippen molar-refractivity contribution in [3.8, 4) is 0 Å². The van der Waals surface area contributed by atoms with Crippen LogP contribution in [0.2, 0.25) is 0 Å². The minimum absolute atomic E-state index is 0.0277. The maximum atomic E-state index is 14.3. The molecule has 182 valence electrons. The maximum absolute atomic E-state index is 14.3. The first kappa shape index (κ1) is 24.7. The Balaban J connectivity index is 1.54. The fourth-order valence-corrected chi connectivity index (χ4v) is 6.38. The summed E-state index contributed by atoms with van der Waals surface area (Å²) in [4.78, 5) is 17.3. The molecule has 0 bridgehead atoms. The summed E-state index contributed by atoms with van der Waals surface area (Å²) in [5, 5.41) is 1.83. The van der Waals surface area contributed by atoms with Crippen LogP contribution in [0.15, 0.2) is 23.1 Å². The van der Waals surface area contributed by atoms with E-state index in [2.05, 4.69) is 39.9 Å². The lowest BCUT2D eigenvalue weighted by molar-refractivity contribution is -0.122. The Morgan fingerprint density at radius 1 is 1.30 bits per heavy atom. The van der Waals surface area contributed by atoms with E-state index >= 15 is 0 Å². The molecule has 2 fully saturated rings. The molecule has 1 aromatic heterocycles. The van der Waals surface area contributed by atoms with Gasteiger partial charge < -0.3 is 9.88 Å². The molecule has 0 radical (unpaired) electrons. The molecular weight excluding hydrogens is 458 g/mol. The zero-order valence-electron chi connectivity index (χ0n) is 20.1. The average Bonchev–Trinajstić information content (AvgIpc) is 3.09. The highest BCUT2D eigenvalue weighted by molar-refractivity contribution is 7.82. The summed E-state index contributed by atoms with van der Waals surface area (Å²) in [5.74, 6) is 1.47. The fourth-order valence-electron chi connectivity index (χ4n) is 4.72. The second-order valence-electron chi connectivity index (χ2n) is 10.6. The number of rotatable bonds is 6. The summed E-state index contributed by atoms with van der Waals surface area (Å²) in [6.45, 7) is 10.3. The molecule has 1 aliphatic carbocycles. The Hall–Kier alpha value is -1.37. The van der Waals surface area contributed by atoms with Gasteiger partial charge in [0.25, 0.3) is 0 Å². The van der Waals surface area contributed by atoms with E-state index in [0.29, 0.717) is 38.3 Å². The standard InChI is InChI=1S/C24H36FN4O2PS/c1-5-21(30)26-17-14-28(15-17)33(31)18-6-7-20-19(12-18)27-22(23(2,3)4)29(20)13-16-8-10-24(25,32)11-9-16/h6-7,12,16-17H,5,8-11,13-15,32H2,1-4H3,(H,26,30). The van der Waals surface area contributed by atoms with E-state index in [4.69, 9.17) is 4.98 Å². The van der Waals surface area contributed by atoms with Crippen LogP contribution in [0.25, 0.3) is 11.0 Å². The quantitative estimate of drug-likeness (QED) is 0.609. The van der Waals surface area contributed by atoms with E-state index < -0.39 is 16.4 Å². The lowest BCUT2D eigenvalue weighted by Crippen LogP contribution is -2.59. The van der Waals surface area contributed by atoms with Gasteiger partial charge in [0, 0.05) is 31.5 Å². The molecule has 1 N–H and O–H groups in total. The minimum atomic E-state index is -1.28. The van der Waals surface area contributed by atoms with Gasteiger partial charge in [-0.25, -0.2) is 17.9 Å². The van der Waals surface area contributed by atoms with Crippen molar-refractivity contribution in [2.24, 2.45) is 5.92 Å². The van der Waals surface area contributed by atoms with Gasteiger partial charge in [0.1, 0.15) is 22.2 Å². The number of fused-ring (bicyclic) bond motifs is 1. The molecule has 2 aromatic rings. The molecule has 4 rings (SSSR count). The molecule has 1 amide bonds. The molecule has 1 saturated heterocycles. The van der Waals surface area contributed by atoms with E-state index in [9.17, 15) is 13.4 Å². The molecule has 33 heavy (non-hydrogen) atoms. The number of alkyl halides is 1. The SMILES string of the molecule is CCC(=O)NC1CN(S(=O)c2ccc3c(c2)nc(C(C)(C)C)n3CC2CCC(F)(P)CC2)C1. The molecule has 2 aliphatic rings. The van der Waals surface area contributed by atoms with Crippen molar-refractivity contribution in [3.05, 3.63) is 24.0 Å². The van der Waals surface area contributed by atoms with Crippen LogP contribution >= 0.6 is 9.24 Å². The molecule has 1 saturated carbocycles. The molecule has 6 nitrogen and oxygen atoms in total. The number of imidazole rings is 1. The van der Waals surface area contributed by atoms with Gasteiger partial charge in [-0.1, -0.05) is 36.9 Å². The van der Waals surface area contributed by atoms with Crippen molar-refractivity contribution in [2.45, 2.75) is 88.1 Å². The zero-order chi connectivity index (χ0) is 24.0. The highest BCUT2D eigenvalue weighted by Crippen LogP contribution is 2.41. The Morgan fingerprint density at radius 2 is 1.97 bits per heavy atom. The van der Waals surface area contributed by atoms with Gasteiger partial charge in [0.05, 0.1) is 22.0 Å². The number of hydrogen-bond acceptors (Lipinski definition) is 3. The van der Waals surface area contributed by atoms with Crippen LogP contribution in [-0.2, 0) is 27.7 Å². The molecule has 9 heteroatoms. The van der Waals surface area contributed by atoms with Gasteiger partial charge in [0.2, 0.25) is 5.91 Å². The van der Waals surface area contributed by atoms with E-state index in [0.717, 1.165) is 41.1 Å². The number of benzene rings is 1. The third kappa shape index (κ3) is 5.49. The molecule has 2 atom stereocenters. The average molecular weight is 495 g/mol. The maximum Gasteiger partial charge on any atom is 0.220 e. The number of carbonyl (C=O) groups excluding carboxylic acids is 1. The molecular formula is C24H36FN4O2PS. The van der Waals surface area contributed by atoms with E-state index in [-0.39, 0.29) is 17.4 Å². The van der Waals surface area contributed by atoms with Gasteiger partial charge in [0.15, 0.2) is 0 Å². The lowest BCUT2D eigenvalue weighted by atomic mass is 9.87. The predicted molar refractivity (Wildman–Crippen MR) is 134 cm³/mol. The predicted octanol–water partition coefficient (Wildman–Crippen LogP) is 4.30. The second kappa shape index (κ2) is 9.35. The Morgan fingerprint density at radius 3 is 2.58 bits per heavy atom. The smallest absolute Gasteiger partial charge is 0.220 e. The van der Waals surface area contributed by atoms with Crippen molar-refractivity contribution in [3.63, 3.8) is 0 Å². The number of halogens is 1. The van der Waals surface area contributed by atoms with Crippen LogP contribution in [0.3, 0.4) is 0 Å². The molecule has 2 heterocycles. The van der Waals surface area contributed by atoms with Gasteiger partial charge in [-0.15, -0.1) is 0 Å². The highest BCUT2D eigenvalue weighted by Gasteiger charge is 2.34. The number of hydrogen-bond donors (Lipinski definition) is 1. The van der Waals surface area contributed by atoms with Gasteiger partial charge >= 0.3 is 0 Å². The highest BCUT2D eigenvalue weighted by atomic mass is 32.2. The van der Waals surface area contributed by atoms with Crippen LogP contribution in [0, 0.1) is 5.92 Å². The van der Waals surface area contributed by atoms with Crippen LogP contribution < -0.4 is 5.32 Å². The monoisotopic (exact) mass is 494 g/mol. The second-order valence-corrected chi connectivity index (χ2v) is 13.2. The molecule has 1 aromatic carbocycles. The van der Waals surface area contributed by atoms with Crippen molar-refractivity contribution in [2.75, 3.05) is 13.1 Å². The van der Waals surface area contributed by atoms with E-state index in [1.54, 1.807) is 0 Å². The van der Waals surface area contributed by atoms with Crippen LogP contribution in [0.5, 0.6) is 0 Å². The summed E-state index contributed by atoms with van der Waals surface area (Å²) >= 11 is 0. The topological polar surface area (TPSA) is 67.2 Å². The number of aromatic nitrogens is 2. The van der Waals surface area contributed by atoms with Crippen molar-refractivity contribution in [1.29, 1.82) is 0 Å². The number of amides is 1. The van der Waals surface area contributed by atoms with Crippen molar-refractivity contribution < 1.29 is 13.4 Å². The minimum Gasteiger partial charge on any atom is -0.351 e. The first-order valence-electron chi connectivity index (χ1n) is 11.9.